The third-order valence-corrected chi connectivity index (χ3v) is 5.24. The van der Waals surface area contributed by atoms with Crippen LogP contribution in [0.15, 0.2) is 29.2 Å². The molecule has 0 spiro atoms. The summed E-state index contributed by atoms with van der Waals surface area (Å²) in [5, 5.41) is 3.85. The second kappa shape index (κ2) is 5.85. The first-order chi connectivity index (χ1) is 9.36. The zero-order chi connectivity index (χ0) is 14.8. The van der Waals surface area contributed by atoms with Crippen molar-refractivity contribution >= 4 is 31.7 Å². The summed E-state index contributed by atoms with van der Waals surface area (Å²) in [5.41, 5.74) is 0.635. The van der Waals surface area contributed by atoms with Crippen molar-refractivity contribution in [2.75, 3.05) is 18.1 Å². The van der Waals surface area contributed by atoms with E-state index in [0.717, 1.165) is 30.8 Å². The third kappa shape index (κ3) is 3.82. The number of sulfone groups is 1. The number of carbonyl (C=O) groups excluding carboxylic acids is 1. The van der Waals surface area contributed by atoms with Crippen LogP contribution in [0.3, 0.4) is 0 Å². The Labute approximate surface area is 128 Å². The average Bonchev–Trinajstić information content (AvgIpc) is 3.16. The molecule has 1 aromatic rings. The summed E-state index contributed by atoms with van der Waals surface area (Å²) in [6.07, 6.45) is 4.47. The van der Waals surface area contributed by atoms with E-state index in [-0.39, 0.29) is 16.2 Å². The quantitative estimate of drug-likeness (QED) is 0.793. The zero-order valence-corrected chi connectivity index (χ0v) is 13.8. The van der Waals surface area contributed by atoms with Gasteiger partial charge in [0.2, 0.25) is 0 Å². The van der Waals surface area contributed by atoms with Gasteiger partial charge in [-0.2, -0.15) is 0 Å². The molecule has 1 aliphatic carbocycles. The van der Waals surface area contributed by atoms with E-state index < -0.39 is 9.84 Å². The lowest BCUT2D eigenvalue weighted by atomic mass is 10.0. The van der Waals surface area contributed by atoms with Gasteiger partial charge in [0.1, 0.15) is 0 Å². The number of amides is 1. The van der Waals surface area contributed by atoms with E-state index in [4.69, 9.17) is 0 Å². The molecule has 0 aromatic heterocycles. The van der Waals surface area contributed by atoms with E-state index >= 15 is 0 Å². The number of rotatable bonds is 6. The summed E-state index contributed by atoms with van der Waals surface area (Å²) in [6.45, 7) is 0.653. The first-order valence-corrected chi connectivity index (χ1v) is 9.52. The smallest absolute Gasteiger partial charge is 0.251 e. The summed E-state index contributed by atoms with van der Waals surface area (Å²) in [4.78, 5) is 12.3. The van der Waals surface area contributed by atoms with Crippen molar-refractivity contribution in [3.8, 4) is 0 Å². The van der Waals surface area contributed by atoms with Crippen molar-refractivity contribution in [2.24, 2.45) is 5.41 Å². The van der Waals surface area contributed by atoms with Crippen molar-refractivity contribution < 1.29 is 13.2 Å². The molecule has 0 heterocycles. The van der Waals surface area contributed by atoms with Crippen molar-refractivity contribution in [3.63, 3.8) is 0 Å². The zero-order valence-electron chi connectivity index (χ0n) is 11.4. The summed E-state index contributed by atoms with van der Waals surface area (Å²) in [5.74, 6) is -0.212. The molecule has 0 saturated heterocycles. The van der Waals surface area contributed by atoms with Crippen molar-refractivity contribution in [1.82, 2.24) is 5.32 Å². The Kier molecular flexibility index (Phi) is 4.54. The maximum atomic E-state index is 12.1. The van der Waals surface area contributed by atoms with Crippen LogP contribution in [0.5, 0.6) is 0 Å². The molecule has 0 aliphatic heterocycles. The molecule has 6 heteroatoms. The molecule has 2 rings (SSSR count). The maximum absolute atomic E-state index is 12.1. The van der Waals surface area contributed by atoms with E-state index in [9.17, 15) is 13.2 Å². The van der Waals surface area contributed by atoms with Crippen LogP contribution in [0.1, 0.15) is 29.6 Å². The molecule has 1 fully saturated rings. The van der Waals surface area contributed by atoms with E-state index in [0.29, 0.717) is 12.1 Å². The van der Waals surface area contributed by atoms with Gasteiger partial charge in [0.25, 0.3) is 5.91 Å². The molecule has 1 N–H and O–H groups in total. The molecular formula is C14H18BrNO3S. The Bertz CT molecular complexity index is 609. The topological polar surface area (TPSA) is 63.2 Å². The monoisotopic (exact) mass is 359 g/mol. The fourth-order valence-electron chi connectivity index (χ4n) is 2.13. The number of nitrogens with one attached hydrogen (secondary N) is 1. The predicted octanol–water partition coefficient (Wildman–Crippen LogP) is 2.39. The number of halogens is 1. The van der Waals surface area contributed by atoms with Crippen LogP contribution in [0.4, 0.5) is 0 Å². The predicted molar refractivity (Wildman–Crippen MR) is 82.0 cm³/mol. The van der Waals surface area contributed by atoms with Crippen molar-refractivity contribution in [3.05, 3.63) is 29.8 Å². The van der Waals surface area contributed by atoms with Gasteiger partial charge in [-0.05, 0) is 42.9 Å². The number of alkyl halides is 1. The Morgan fingerprint density at radius 3 is 2.65 bits per heavy atom. The Hall–Kier alpha value is -0.880. The highest BCUT2D eigenvalue weighted by atomic mass is 79.9. The molecule has 0 unspecified atom stereocenters. The SMILES string of the molecule is CS(=O)(=O)c1cccc(C(=O)NCC2(CCBr)CC2)c1. The third-order valence-electron chi connectivity index (χ3n) is 3.73. The van der Waals surface area contributed by atoms with Gasteiger partial charge in [-0.15, -0.1) is 0 Å². The van der Waals surface area contributed by atoms with Crippen LogP contribution < -0.4 is 5.32 Å². The molecule has 1 amide bonds. The van der Waals surface area contributed by atoms with Gasteiger partial charge < -0.3 is 5.32 Å². The fraction of sp³-hybridized carbons (Fsp3) is 0.500. The molecule has 1 aromatic carbocycles. The largest absolute Gasteiger partial charge is 0.351 e. The lowest BCUT2D eigenvalue weighted by Crippen LogP contribution is -2.30. The highest BCUT2D eigenvalue weighted by Crippen LogP contribution is 2.48. The first kappa shape index (κ1) is 15.5. The number of hydrogen-bond acceptors (Lipinski definition) is 3. The van der Waals surface area contributed by atoms with E-state index in [1.54, 1.807) is 12.1 Å². The molecule has 1 saturated carbocycles. The minimum absolute atomic E-state index is 0.173. The second-order valence-electron chi connectivity index (χ2n) is 5.42. The molecule has 110 valence electrons. The summed E-state index contributed by atoms with van der Waals surface area (Å²) < 4.78 is 23.0. The molecule has 1 aliphatic rings. The lowest BCUT2D eigenvalue weighted by molar-refractivity contribution is 0.0944. The lowest BCUT2D eigenvalue weighted by Gasteiger charge is -2.14. The minimum Gasteiger partial charge on any atom is -0.351 e. The highest BCUT2D eigenvalue weighted by Gasteiger charge is 2.41. The van der Waals surface area contributed by atoms with Gasteiger partial charge in [0.15, 0.2) is 9.84 Å². The van der Waals surface area contributed by atoms with Gasteiger partial charge >= 0.3 is 0 Å². The van der Waals surface area contributed by atoms with Crippen molar-refractivity contribution in [2.45, 2.75) is 24.2 Å². The van der Waals surface area contributed by atoms with Crippen LogP contribution in [-0.2, 0) is 9.84 Å². The first-order valence-electron chi connectivity index (χ1n) is 6.51. The van der Waals surface area contributed by atoms with Gasteiger partial charge in [-0.3, -0.25) is 4.79 Å². The van der Waals surface area contributed by atoms with Gasteiger partial charge in [-0.1, -0.05) is 22.0 Å². The second-order valence-corrected chi connectivity index (χ2v) is 8.23. The van der Waals surface area contributed by atoms with Crippen LogP contribution in [0.25, 0.3) is 0 Å². The minimum atomic E-state index is -3.28. The summed E-state index contributed by atoms with van der Waals surface area (Å²) in [6, 6.07) is 6.15. The van der Waals surface area contributed by atoms with Gasteiger partial charge in [-0.25, -0.2) is 8.42 Å². The Balaban J connectivity index is 2.03. The fourth-order valence-corrected chi connectivity index (χ4v) is 3.64. The Morgan fingerprint density at radius 1 is 1.40 bits per heavy atom. The van der Waals surface area contributed by atoms with E-state index in [2.05, 4.69) is 21.2 Å². The van der Waals surface area contributed by atoms with Crippen LogP contribution in [-0.4, -0.2) is 32.5 Å². The van der Waals surface area contributed by atoms with Gasteiger partial charge in [0, 0.05) is 23.7 Å². The van der Waals surface area contributed by atoms with E-state index in [1.807, 2.05) is 0 Å². The normalized spacial score (nSPS) is 16.7. The van der Waals surface area contributed by atoms with Crippen LogP contribution >= 0.6 is 15.9 Å². The molecule has 0 radical (unpaired) electrons. The standard InChI is InChI=1S/C14H18BrNO3S/c1-20(18,19)12-4-2-3-11(9-12)13(17)16-10-14(5-6-14)7-8-15/h2-4,9H,5-8,10H2,1H3,(H,16,17). The molecule has 0 bridgehead atoms. The maximum Gasteiger partial charge on any atom is 0.251 e. The van der Waals surface area contributed by atoms with Crippen molar-refractivity contribution in [1.29, 1.82) is 0 Å². The molecule has 4 nitrogen and oxygen atoms in total. The molecule has 0 atom stereocenters. The number of carbonyl (C=O) groups is 1. The summed E-state index contributed by atoms with van der Waals surface area (Å²) >= 11 is 3.43. The number of hydrogen-bond donors (Lipinski definition) is 1. The van der Waals surface area contributed by atoms with Crippen LogP contribution in [0, 0.1) is 5.41 Å². The summed E-state index contributed by atoms with van der Waals surface area (Å²) in [7, 11) is -3.28. The molecule has 20 heavy (non-hydrogen) atoms. The Morgan fingerprint density at radius 2 is 2.10 bits per heavy atom. The van der Waals surface area contributed by atoms with Crippen LogP contribution in [0.2, 0.25) is 0 Å². The number of benzene rings is 1. The molecular weight excluding hydrogens is 342 g/mol. The van der Waals surface area contributed by atoms with Gasteiger partial charge in [0.05, 0.1) is 4.90 Å². The van der Waals surface area contributed by atoms with E-state index in [1.165, 1.54) is 12.1 Å². The highest BCUT2D eigenvalue weighted by molar-refractivity contribution is 9.09. The average molecular weight is 360 g/mol.